The number of esters is 2. The Morgan fingerprint density at radius 1 is 1.12 bits per heavy atom. The summed E-state index contributed by atoms with van der Waals surface area (Å²) >= 11 is 16.9. The van der Waals surface area contributed by atoms with Crippen LogP contribution in [0, 0.1) is 11.3 Å². The molecule has 0 bridgehead atoms. The number of benzene rings is 1. The van der Waals surface area contributed by atoms with E-state index < -0.39 is 83.1 Å². The van der Waals surface area contributed by atoms with Crippen molar-refractivity contribution in [3.8, 4) is 0 Å². The normalized spacial score (nSPS) is 16.1. The zero-order valence-electron chi connectivity index (χ0n) is 29.4. The molecule has 0 aliphatic carbocycles. The number of pyridine rings is 1. The van der Waals surface area contributed by atoms with Gasteiger partial charge in [0.2, 0.25) is 3.79 Å². The number of carbonyl (C=O) groups excluding carboxylic acids is 5. The van der Waals surface area contributed by atoms with Gasteiger partial charge in [0.05, 0.1) is 12.6 Å². The highest BCUT2D eigenvalue weighted by atomic mass is 35.6. The molecule has 288 valence electrons. The molecule has 1 aliphatic rings. The Morgan fingerprint density at radius 3 is 2.31 bits per heavy atom. The van der Waals surface area contributed by atoms with Crippen LogP contribution in [0.4, 0.5) is 13.6 Å². The molecule has 2 aromatic rings. The van der Waals surface area contributed by atoms with Crippen LogP contribution < -0.4 is 16.5 Å². The van der Waals surface area contributed by atoms with Crippen LogP contribution in [-0.2, 0) is 39.8 Å². The second-order valence-corrected chi connectivity index (χ2v) is 14.7. The molecule has 3 rings (SSSR count). The predicted molar refractivity (Wildman–Crippen MR) is 193 cm³/mol. The average Bonchev–Trinajstić information content (AvgIpc) is 3.12. The Hall–Kier alpha value is -3.79. The molecule has 1 aromatic heterocycles. The molecular formula is C34H44Cl3F2N5O8. The highest BCUT2D eigenvalue weighted by Gasteiger charge is 2.42. The lowest BCUT2D eigenvalue weighted by Crippen LogP contribution is -2.60. The van der Waals surface area contributed by atoms with E-state index in [0.29, 0.717) is 23.9 Å². The molecule has 3 unspecified atom stereocenters. The SMILES string of the molecule is CCc1ccc2ccc(/C=C/C(CF)(CF)C(=O)OC(C(=O)NC(C)C(=O)N3CCCC(C(=O)OCC(Cl)(Cl)Cl)N3)C(C)C)cc2n1.COC(N)=O. The number of hydrazine groups is 1. The number of hydrogen-bond donors (Lipinski definition) is 3. The first-order chi connectivity index (χ1) is 24.4. The molecule has 18 heteroatoms. The maximum absolute atomic E-state index is 14.4. The maximum atomic E-state index is 14.4. The smallest absolute Gasteiger partial charge is 0.404 e. The van der Waals surface area contributed by atoms with Crippen molar-refractivity contribution in [3.05, 3.63) is 47.7 Å². The summed E-state index contributed by atoms with van der Waals surface area (Å²) in [5.74, 6) is -4.04. The minimum Gasteiger partial charge on any atom is -0.460 e. The number of aromatic nitrogens is 1. The van der Waals surface area contributed by atoms with E-state index in [0.717, 1.165) is 23.6 Å². The summed E-state index contributed by atoms with van der Waals surface area (Å²) in [6.45, 7) is 3.46. The van der Waals surface area contributed by atoms with E-state index in [-0.39, 0.29) is 6.54 Å². The molecule has 52 heavy (non-hydrogen) atoms. The molecule has 1 aromatic carbocycles. The van der Waals surface area contributed by atoms with Crippen LogP contribution in [-0.4, -0.2) is 95.4 Å². The number of amides is 3. The van der Waals surface area contributed by atoms with Gasteiger partial charge in [-0.15, -0.1) is 0 Å². The van der Waals surface area contributed by atoms with E-state index in [2.05, 4.69) is 26.2 Å². The summed E-state index contributed by atoms with van der Waals surface area (Å²) in [5, 5.41) is 4.55. The first-order valence-corrected chi connectivity index (χ1v) is 17.4. The lowest BCUT2D eigenvalue weighted by molar-refractivity contribution is -0.168. The van der Waals surface area contributed by atoms with Crippen molar-refractivity contribution in [2.45, 2.75) is 68.9 Å². The monoisotopic (exact) mass is 793 g/mol. The molecule has 2 heterocycles. The van der Waals surface area contributed by atoms with E-state index in [1.54, 1.807) is 26.0 Å². The second kappa shape index (κ2) is 20.5. The van der Waals surface area contributed by atoms with Crippen molar-refractivity contribution >= 4 is 81.6 Å². The molecule has 0 saturated carbocycles. The molecular weight excluding hydrogens is 751 g/mol. The first-order valence-electron chi connectivity index (χ1n) is 16.3. The van der Waals surface area contributed by atoms with Crippen LogP contribution in [0.25, 0.3) is 17.0 Å². The highest BCUT2D eigenvalue weighted by Crippen LogP contribution is 2.28. The van der Waals surface area contributed by atoms with Crippen molar-refractivity contribution < 1.29 is 47.0 Å². The Bertz CT molecular complexity index is 1590. The van der Waals surface area contributed by atoms with Gasteiger partial charge in [0.1, 0.15) is 37.5 Å². The van der Waals surface area contributed by atoms with Crippen molar-refractivity contribution in [3.63, 3.8) is 0 Å². The van der Waals surface area contributed by atoms with Gasteiger partial charge in [0.15, 0.2) is 6.10 Å². The molecule has 1 aliphatic heterocycles. The number of rotatable bonds is 13. The second-order valence-electron chi connectivity index (χ2n) is 12.2. The standard InChI is InChI=1S/C32H39Cl3F2N4O6.C2H5NO2/c1-5-23-11-10-22-9-8-21(15-25(22)39-23)12-13-31(16-36,17-37)30(45)47-26(19(2)3)27(42)38-20(4)28(43)41-14-6-7-24(40-41)29(44)46-18-32(33,34)35;1-5-2(3)4/h8-13,15,19-20,24,26,40H,5-7,14,16-18H2,1-4H3,(H,38,42);1H3,(H2,3,4)/b13-12+;. The number of aryl methyl sites for hydroxylation is 1. The van der Waals surface area contributed by atoms with Crippen LogP contribution in [0.1, 0.15) is 51.8 Å². The fourth-order valence-electron chi connectivity index (χ4n) is 4.72. The first kappa shape index (κ1) is 44.4. The van der Waals surface area contributed by atoms with E-state index in [4.69, 9.17) is 44.3 Å². The number of primary amides is 1. The van der Waals surface area contributed by atoms with E-state index in [9.17, 15) is 32.8 Å². The molecule has 13 nitrogen and oxygen atoms in total. The molecule has 1 fully saturated rings. The molecule has 0 spiro atoms. The van der Waals surface area contributed by atoms with Crippen molar-refractivity contribution in [2.24, 2.45) is 17.1 Å². The number of methoxy groups -OCH3 is 1. The number of alkyl halides is 5. The average molecular weight is 795 g/mol. The van der Waals surface area contributed by atoms with Gasteiger partial charge in [-0.25, -0.2) is 19.0 Å². The molecule has 3 amide bonds. The molecule has 1 saturated heterocycles. The van der Waals surface area contributed by atoms with Gasteiger partial charge < -0.3 is 25.3 Å². The maximum Gasteiger partial charge on any atom is 0.404 e. The summed E-state index contributed by atoms with van der Waals surface area (Å²) in [6.07, 6.45) is 1.82. The number of nitrogens with two attached hydrogens (primary N) is 1. The van der Waals surface area contributed by atoms with Gasteiger partial charge in [0, 0.05) is 17.6 Å². The summed E-state index contributed by atoms with van der Waals surface area (Å²) < 4.78 is 41.2. The number of hydrogen-bond acceptors (Lipinski definition) is 10. The van der Waals surface area contributed by atoms with Gasteiger partial charge in [-0.05, 0) is 49.8 Å². The van der Waals surface area contributed by atoms with E-state index >= 15 is 0 Å². The molecule has 4 N–H and O–H groups in total. The highest BCUT2D eigenvalue weighted by molar-refractivity contribution is 6.67. The number of fused-ring (bicyclic) bond motifs is 1. The fourth-order valence-corrected chi connectivity index (χ4v) is 4.88. The van der Waals surface area contributed by atoms with Gasteiger partial charge in [-0.3, -0.25) is 29.2 Å². The fraction of sp³-hybridized carbons (Fsp3) is 0.529. The van der Waals surface area contributed by atoms with Gasteiger partial charge in [0.25, 0.3) is 11.8 Å². The summed E-state index contributed by atoms with van der Waals surface area (Å²) in [4.78, 5) is 65.9. The van der Waals surface area contributed by atoms with Crippen molar-refractivity contribution in [1.29, 1.82) is 0 Å². The quantitative estimate of drug-likeness (QED) is 0.143. The van der Waals surface area contributed by atoms with Crippen LogP contribution in [0.3, 0.4) is 0 Å². The number of nitrogens with one attached hydrogen (secondary N) is 2. The topological polar surface area (TPSA) is 179 Å². The van der Waals surface area contributed by atoms with E-state index in [1.165, 1.54) is 25.1 Å². The van der Waals surface area contributed by atoms with Crippen LogP contribution in [0.5, 0.6) is 0 Å². The Kier molecular flexibility index (Phi) is 17.5. The summed E-state index contributed by atoms with van der Waals surface area (Å²) in [7, 11) is 1.22. The van der Waals surface area contributed by atoms with Crippen molar-refractivity contribution in [2.75, 3.05) is 33.6 Å². The van der Waals surface area contributed by atoms with Gasteiger partial charge >= 0.3 is 18.0 Å². The van der Waals surface area contributed by atoms with Gasteiger partial charge in [-0.1, -0.05) is 85.9 Å². The zero-order valence-corrected chi connectivity index (χ0v) is 31.7. The number of nitrogens with zero attached hydrogens (tertiary/aromatic N) is 2. The summed E-state index contributed by atoms with van der Waals surface area (Å²) in [6, 6.07) is 7.10. The third kappa shape index (κ3) is 13.3. The lowest BCUT2D eigenvalue weighted by atomic mass is 9.89. The molecule has 3 atom stereocenters. The zero-order chi connectivity index (χ0) is 39.2. The van der Waals surface area contributed by atoms with Crippen LogP contribution >= 0.6 is 34.8 Å². The summed E-state index contributed by atoms with van der Waals surface area (Å²) in [5.41, 5.74) is 7.02. The predicted octanol–water partition coefficient (Wildman–Crippen LogP) is 4.93. The Morgan fingerprint density at radius 2 is 1.75 bits per heavy atom. The minimum absolute atomic E-state index is 0.227. The third-order valence-electron chi connectivity index (χ3n) is 7.76. The largest absolute Gasteiger partial charge is 0.460 e. The van der Waals surface area contributed by atoms with Gasteiger partial charge in [-0.2, -0.15) is 0 Å². The number of carbonyl (C=O) groups is 5. The molecule has 0 radical (unpaired) electrons. The lowest BCUT2D eigenvalue weighted by Gasteiger charge is -2.35. The van der Waals surface area contributed by atoms with E-state index in [1.807, 2.05) is 25.1 Å². The van der Waals surface area contributed by atoms with Crippen LogP contribution in [0.2, 0.25) is 0 Å². The van der Waals surface area contributed by atoms with Crippen molar-refractivity contribution in [1.82, 2.24) is 20.7 Å². The minimum atomic E-state index is -2.31. The van der Waals surface area contributed by atoms with Crippen LogP contribution in [0.15, 0.2) is 36.4 Å². The number of ether oxygens (including phenoxy) is 3. The number of halogens is 5. The Labute approximate surface area is 315 Å². The Balaban J connectivity index is 0.00000175. The third-order valence-corrected chi connectivity index (χ3v) is 8.08.